The van der Waals surface area contributed by atoms with E-state index in [0.717, 1.165) is 12.1 Å². The van der Waals surface area contributed by atoms with E-state index in [0.29, 0.717) is 12.1 Å². The number of rotatable bonds is 4. The number of benzene rings is 1. The highest BCUT2D eigenvalue weighted by atomic mass is 16.3. The molecule has 0 spiro atoms. The Bertz CT molecular complexity index is 538. The van der Waals surface area contributed by atoms with Gasteiger partial charge in [0.15, 0.2) is 0 Å². The third-order valence-electron chi connectivity index (χ3n) is 2.89. The maximum Gasteiger partial charge on any atom is 0.253 e. The molecular weight excluding hydrogens is 240 g/mol. The lowest BCUT2D eigenvalue weighted by molar-refractivity contribution is 0.0796. The summed E-state index contributed by atoms with van der Waals surface area (Å²) < 4.78 is 0. The van der Waals surface area contributed by atoms with Crippen LogP contribution in [-0.4, -0.2) is 34.5 Å². The van der Waals surface area contributed by atoms with Crippen molar-refractivity contribution in [2.45, 2.75) is 6.42 Å². The van der Waals surface area contributed by atoms with E-state index in [1.54, 1.807) is 30.3 Å². The molecule has 1 aromatic heterocycles. The summed E-state index contributed by atoms with van der Waals surface area (Å²) in [6, 6.07) is 12.0. The van der Waals surface area contributed by atoms with E-state index in [1.807, 2.05) is 18.2 Å². The molecule has 0 saturated heterocycles. The van der Waals surface area contributed by atoms with E-state index in [4.69, 9.17) is 0 Å². The number of phenols is 1. The van der Waals surface area contributed by atoms with Crippen molar-refractivity contribution in [1.82, 2.24) is 9.88 Å². The molecule has 98 valence electrons. The van der Waals surface area contributed by atoms with Gasteiger partial charge in [-0.3, -0.25) is 9.78 Å². The van der Waals surface area contributed by atoms with Gasteiger partial charge >= 0.3 is 0 Å². The summed E-state index contributed by atoms with van der Waals surface area (Å²) in [5.74, 6) is 0.101. The van der Waals surface area contributed by atoms with Crippen LogP contribution in [0.4, 0.5) is 0 Å². The maximum atomic E-state index is 12.1. The summed E-state index contributed by atoms with van der Waals surface area (Å²) in [4.78, 5) is 18.0. The number of phenolic OH excluding ortho intramolecular Hbond substituents is 1. The average Bonchev–Trinajstić information content (AvgIpc) is 2.46. The minimum Gasteiger partial charge on any atom is -0.508 e. The average molecular weight is 256 g/mol. The molecule has 0 fully saturated rings. The molecule has 0 unspecified atom stereocenters. The molecule has 2 rings (SSSR count). The van der Waals surface area contributed by atoms with Gasteiger partial charge in [-0.05, 0) is 36.4 Å². The van der Waals surface area contributed by atoms with E-state index in [-0.39, 0.29) is 11.7 Å². The second kappa shape index (κ2) is 6.00. The summed E-state index contributed by atoms with van der Waals surface area (Å²) in [7, 11) is 1.76. The maximum absolute atomic E-state index is 12.1. The molecule has 0 atom stereocenters. The minimum absolute atomic E-state index is 0.0593. The summed E-state index contributed by atoms with van der Waals surface area (Å²) in [5.41, 5.74) is 1.54. The first-order valence-corrected chi connectivity index (χ1v) is 6.11. The predicted octanol–water partition coefficient (Wildman–Crippen LogP) is 2.10. The standard InChI is InChI=1S/C15H16N2O2/c1-17(11-9-13-4-2-3-10-16-13)15(19)12-5-7-14(18)8-6-12/h2-8,10,18H,9,11H2,1H3. The molecule has 0 aliphatic rings. The zero-order valence-electron chi connectivity index (χ0n) is 10.8. The molecule has 1 heterocycles. The largest absolute Gasteiger partial charge is 0.508 e. The van der Waals surface area contributed by atoms with E-state index in [9.17, 15) is 9.90 Å². The third kappa shape index (κ3) is 3.55. The molecule has 19 heavy (non-hydrogen) atoms. The molecule has 4 heteroatoms. The SMILES string of the molecule is CN(CCc1ccccn1)C(=O)c1ccc(O)cc1. The molecule has 0 aliphatic carbocycles. The second-order valence-corrected chi connectivity index (χ2v) is 4.34. The fourth-order valence-electron chi connectivity index (χ4n) is 1.75. The van der Waals surface area contributed by atoms with Crippen molar-refractivity contribution in [3.05, 3.63) is 59.9 Å². The van der Waals surface area contributed by atoms with Crippen molar-refractivity contribution in [3.63, 3.8) is 0 Å². The number of hydrogen-bond donors (Lipinski definition) is 1. The van der Waals surface area contributed by atoms with Crippen molar-refractivity contribution < 1.29 is 9.90 Å². The van der Waals surface area contributed by atoms with Gasteiger partial charge in [-0.1, -0.05) is 6.07 Å². The zero-order valence-corrected chi connectivity index (χ0v) is 10.8. The van der Waals surface area contributed by atoms with Crippen LogP contribution in [0.1, 0.15) is 16.1 Å². The van der Waals surface area contributed by atoms with Gasteiger partial charge in [0.05, 0.1) is 0 Å². The molecule has 1 N–H and O–H groups in total. The van der Waals surface area contributed by atoms with E-state index in [2.05, 4.69) is 4.98 Å². The van der Waals surface area contributed by atoms with Crippen LogP contribution in [0.5, 0.6) is 5.75 Å². The number of aromatic nitrogens is 1. The van der Waals surface area contributed by atoms with Gasteiger partial charge in [-0.15, -0.1) is 0 Å². The number of aromatic hydroxyl groups is 1. The van der Waals surface area contributed by atoms with Gasteiger partial charge in [0, 0.05) is 37.5 Å². The lowest BCUT2D eigenvalue weighted by Crippen LogP contribution is -2.28. The first-order chi connectivity index (χ1) is 9.16. The van der Waals surface area contributed by atoms with Crippen LogP contribution in [0.25, 0.3) is 0 Å². The molecule has 2 aromatic rings. The van der Waals surface area contributed by atoms with Crippen molar-refractivity contribution >= 4 is 5.91 Å². The molecule has 0 bridgehead atoms. The summed E-state index contributed by atoms with van der Waals surface area (Å²) in [5, 5.41) is 9.20. The normalized spacial score (nSPS) is 10.2. The summed E-state index contributed by atoms with van der Waals surface area (Å²) in [6.45, 7) is 0.608. The molecular formula is C15H16N2O2. The van der Waals surface area contributed by atoms with Gasteiger partial charge in [0.2, 0.25) is 0 Å². The van der Waals surface area contributed by atoms with Crippen molar-refractivity contribution in [2.24, 2.45) is 0 Å². The Kier molecular flexibility index (Phi) is 4.13. The van der Waals surface area contributed by atoms with Crippen molar-refractivity contribution in [1.29, 1.82) is 0 Å². The number of likely N-dealkylation sites (N-methyl/N-ethyl adjacent to an activating group) is 1. The Morgan fingerprint density at radius 3 is 2.58 bits per heavy atom. The van der Waals surface area contributed by atoms with E-state index < -0.39 is 0 Å². The van der Waals surface area contributed by atoms with Gasteiger partial charge in [0.1, 0.15) is 5.75 Å². The first-order valence-electron chi connectivity index (χ1n) is 6.11. The number of nitrogens with zero attached hydrogens (tertiary/aromatic N) is 2. The highest BCUT2D eigenvalue weighted by Crippen LogP contribution is 2.11. The van der Waals surface area contributed by atoms with Crippen molar-refractivity contribution in [2.75, 3.05) is 13.6 Å². The highest BCUT2D eigenvalue weighted by molar-refractivity contribution is 5.94. The zero-order chi connectivity index (χ0) is 13.7. The smallest absolute Gasteiger partial charge is 0.253 e. The monoisotopic (exact) mass is 256 g/mol. The molecule has 0 saturated carbocycles. The second-order valence-electron chi connectivity index (χ2n) is 4.34. The number of hydrogen-bond acceptors (Lipinski definition) is 3. The topological polar surface area (TPSA) is 53.4 Å². The Morgan fingerprint density at radius 1 is 1.21 bits per heavy atom. The van der Waals surface area contributed by atoms with Crippen LogP contribution in [-0.2, 0) is 6.42 Å². The van der Waals surface area contributed by atoms with Crippen LogP contribution in [0, 0.1) is 0 Å². The summed E-state index contributed by atoms with van der Waals surface area (Å²) >= 11 is 0. The Hall–Kier alpha value is -2.36. The quantitative estimate of drug-likeness (QED) is 0.911. The van der Waals surface area contributed by atoms with E-state index in [1.165, 1.54) is 12.1 Å². The summed E-state index contributed by atoms with van der Waals surface area (Å²) in [6.07, 6.45) is 2.47. The first kappa shape index (κ1) is 13.1. The number of carbonyl (C=O) groups excluding carboxylic acids is 1. The Balaban J connectivity index is 1.94. The molecule has 4 nitrogen and oxygen atoms in total. The van der Waals surface area contributed by atoms with Crippen molar-refractivity contribution in [3.8, 4) is 5.75 Å². The Morgan fingerprint density at radius 2 is 1.95 bits per heavy atom. The van der Waals surface area contributed by atoms with Gasteiger partial charge in [0.25, 0.3) is 5.91 Å². The highest BCUT2D eigenvalue weighted by Gasteiger charge is 2.11. The van der Waals surface area contributed by atoms with Crippen LogP contribution in [0.15, 0.2) is 48.7 Å². The number of pyridine rings is 1. The van der Waals surface area contributed by atoms with Gasteiger partial charge in [-0.25, -0.2) is 0 Å². The van der Waals surface area contributed by atoms with Crippen LogP contribution in [0.2, 0.25) is 0 Å². The van der Waals surface area contributed by atoms with Crippen LogP contribution in [0.3, 0.4) is 0 Å². The molecule has 1 amide bonds. The Labute approximate surface area is 112 Å². The molecule has 0 radical (unpaired) electrons. The van der Waals surface area contributed by atoms with E-state index >= 15 is 0 Å². The van der Waals surface area contributed by atoms with Gasteiger partial charge in [-0.2, -0.15) is 0 Å². The fraction of sp³-hybridized carbons (Fsp3) is 0.200. The van der Waals surface area contributed by atoms with Gasteiger partial charge < -0.3 is 10.0 Å². The number of amides is 1. The fourth-order valence-corrected chi connectivity index (χ4v) is 1.75. The van der Waals surface area contributed by atoms with Crippen LogP contribution < -0.4 is 0 Å². The molecule has 0 aliphatic heterocycles. The minimum atomic E-state index is -0.0593. The predicted molar refractivity (Wildman–Crippen MR) is 73.0 cm³/mol. The molecule has 1 aromatic carbocycles. The number of carbonyl (C=O) groups is 1. The third-order valence-corrected chi connectivity index (χ3v) is 2.89. The lowest BCUT2D eigenvalue weighted by Gasteiger charge is -2.16. The lowest BCUT2D eigenvalue weighted by atomic mass is 10.2. The van der Waals surface area contributed by atoms with Crippen LogP contribution >= 0.6 is 0 Å².